The number of hydrogen-bond acceptors (Lipinski definition) is 2. The molecule has 17 heavy (non-hydrogen) atoms. The second-order valence-corrected chi connectivity index (χ2v) is 3.54. The maximum atomic E-state index is 10.4. The lowest BCUT2D eigenvalue weighted by Crippen LogP contribution is -1.96. The molecular formula is C14H16O3. The van der Waals surface area contributed by atoms with E-state index in [1.807, 2.05) is 36.4 Å². The third kappa shape index (κ3) is 7.09. The minimum Gasteiger partial charge on any atom is -0.478 e. The molecule has 1 aromatic carbocycles. The van der Waals surface area contributed by atoms with Crippen LogP contribution in [0.15, 0.2) is 48.6 Å². The van der Waals surface area contributed by atoms with E-state index in [4.69, 9.17) is 5.11 Å². The van der Waals surface area contributed by atoms with Gasteiger partial charge in [-0.1, -0.05) is 49.1 Å². The number of allylic oxidation sites excluding steroid dienone is 1. The van der Waals surface area contributed by atoms with Crippen molar-refractivity contribution in [1.29, 1.82) is 0 Å². The molecule has 0 saturated carbocycles. The van der Waals surface area contributed by atoms with Crippen LogP contribution in [0.5, 0.6) is 0 Å². The van der Waals surface area contributed by atoms with Crippen LogP contribution in [-0.4, -0.2) is 24.3 Å². The predicted molar refractivity (Wildman–Crippen MR) is 67.7 cm³/mol. The Hall–Kier alpha value is -1.87. The molecular weight excluding hydrogens is 216 g/mol. The third-order valence-corrected chi connectivity index (χ3v) is 1.98. The molecule has 0 unspecified atom stereocenters. The van der Waals surface area contributed by atoms with Crippen molar-refractivity contribution in [3.8, 4) is 0 Å². The van der Waals surface area contributed by atoms with Crippen molar-refractivity contribution < 1.29 is 14.6 Å². The summed E-state index contributed by atoms with van der Waals surface area (Å²) in [6, 6.07) is 9.73. The largest absolute Gasteiger partial charge is 0.478 e. The molecule has 1 N–H and O–H groups in total. The number of carboxylic acids is 1. The monoisotopic (exact) mass is 232 g/mol. The van der Waals surface area contributed by atoms with E-state index in [0.29, 0.717) is 6.42 Å². The van der Waals surface area contributed by atoms with Crippen molar-refractivity contribution in [2.24, 2.45) is 0 Å². The molecule has 1 aliphatic heterocycles. The van der Waals surface area contributed by atoms with Crippen LogP contribution in [0.2, 0.25) is 0 Å². The van der Waals surface area contributed by atoms with Gasteiger partial charge in [-0.15, -0.1) is 0 Å². The van der Waals surface area contributed by atoms with Gasteiger partial charge in [0.15, 0.2) is 0 Å². The molecule has 2 rings (SSSR count). The molecule has 0 spiro atoms. The molecule has 1 saturated heterocycles. The minimum absolute atomic E-state index is 0.206. The van der Waals surface area contributed by atoms with Crippen LogP contribution in [0.4, 0.5) is 0 Å². The first kappa shape index (κ1) is 13.2. The molecule has 1 aliphatic rings. The molecule has 1 heterocycles. The number of carboxylic acid groups (broad SMARTS) is 1. The lowest BCUT2D eigenvalue weighted by Gasteiger charge is -1.93. The van der Waals surface area contributed by atoms with Gasteiger partial charge in [-0.25, -0.2) is 4.79 Å². The number of ether oxygens (including phenoxy) is 1. The summed E-state index contributed by atoms with van der Waals surface area (Å²) in [7, 11) is 0. The summed E-state index contributed by atoms with van der Waals surface area (Å²) in [5.74, 6) is -0.942. The highest BCUT2D eigenvalue weighted by Gasteiger charge is 1.99. The number of carbonyl (C=O) groups is 1. The molecule has 0 aliphatic carbocycles. The second kappa shape index (κ2) is 7.41. The molecule has 1 fully saturated rings. The molecule has 3 nitrogen and oxygen atoms in total. The Bertz CT molecular complexity index is 388. The topological polar surface area (TPSA) is 49.8 Å². The molecule has 0 amide bonds. The van der Waals surface area contributed by atoms with Crippen LogP contribution in [0.1, 0.15) is 12.0 Å². The van der Waals surface area contributed by atoms with Crippen LogP contribution in [-0.2, 0) is 9.53 Å². The van der Waals surface area contributed by atoms with E-state index in [1.54, 1.807) is 6.08 Å². The number of rotatable bonds is 4. The van der Waals surface area contributed by atoms with Gasteiger partial charge in [0.1, 0.15) is 0 Å². The normalized spacial score (nSPS) is 12.7. The number of benzene rings is 1. The zero-order chi connectivity index (χ0) is 12.5. The third-order valence-electron chi connectivity index (χ3n) is 1.98. The van der Waals surface area contributed by atoms with E-state index in [2.05, 4.69) is 11.3 Å². The Morgan fingerprint density at radius 1 is 1.35 bits per heavy atom. The van der Waals surface area contributed by atoms with Crippen molar-refractivity contribution >= 4 is 12.0 Å². The fourth-order valence-electron chi connectivity index (χ4n) is 0.989. The van der Waals surface area contributed by atoms with E-state index in [-0.39, 0.29) is 5.57 Å². The lowest BCUT2D eigenvalue weighted by molar-refractivity contribution is -0.132. The summed E-state index contributed by atoms with van der Waals surface area (Å²) < 4.78 is 4.50. The molecule has 3 heteroatoms. The lowest BCUT2D eigenvalue weighted by atomic mass is 10.1. The Morgan fingerprint density at radius 2 is 1.94 bits per heavy atom. The van der Waals surface area contributed by atoms with Crippen molar-refractivity contribution in [3.05, 3.63) is 54.1 Å². The highest BCUT2D eigenvalue weighted by molar-refractivity contribution is 5.86. The summed E-state index contributed by atoms with van der Waals surface area (Å²) in [6.07, 6.45) is 4.06. The van der Waals surface area contributed by atoms with Gasteiger partial charge in [-0.3, -0.25) is 0 Å². The average molecular weight is 232 g/mol. The molecule has 90 valence electrons. The molecule has 0 bridgehead atoms. The van der Waals surface area contributed by atoms with Gasteiger partial charge in [0.2, 0.25) is 0 Å². The van der Waals surface area contributed by atoms with E-state index in [0.717, 1.165) is 18.8 Å². The van der Waals surface area contributed by atoms with Crippen LogP contribution >= 0.6 is 0 Å². The van der Waals surface area contributed by atoms with Crippen LogP contribution in [0, 0.1) is 0 Å². The van der Waals surface area contributed by atoms with E-state index >= 15 is 0 Å². The zero-order valence-electron chi connectivity index (χ0n) is 9.63. The molecule has 0 aromatic heterocycles. The van der Waals surface area contributed by atoms with Gasteiger partial charge < -0.3 is 9.84 Å². The minimum atomic E-state index is -0.942. The molecule has 0 atom stereocenters. The Kier molecular flexibility index (Phi) is 5.75. The number of hydrogen-bond donors (Lipinski definition) is 1. The average Bonchev–Trinajstić information content (AvgIpc) is 3.17. The number of epoxide rings is 1. The Balaban J connectivity index is 0.000000415. The summed E-state index contributed by atoms with van der Waals surface area (Å²) in [4.78, 5) is 10.4. The van der Waals surface area contributed by atoms with Gasteiger partial charge in [0, 0.05) is 5.57 Å². The van der Waals surface area contributed by atoms with Crippen molar-refractivity contribution in [3.63, 3.8) is 0 Å². The first-order valence-corrected chi connectivity index (χ1v) is 5.40. The van der Waals surface area contributed by atoms with Gasteiger partial charge in [0.05, 0.1) is 13.2 Å². The standard InChI is InChI=1S/C12H12O2.C2H4O/c1-10(12(13)14)6-5-9-11-7-3-2-4-8-11;1-2-3-1/h2-5,7-9H,1,6H2,(H,13,14);1-2H2. The summed E-state index contributed by atoms with van der Waals surface area (Å²) in [5, 5.41) is 8.55. The highest BCUT2D eigenvalue weighted by atomic mass is 16.6. The van der Waals surface area contributed by atoms with Crippen LogP contribution in [0.3, 0.4) is 0 Å². The van der Waals surface area contributed by atoms with E-state index in [9.17, 15) is 4.79 Å². The first-order chi connectivity index (χ1) is 8.20. The molecule has 0 radical (unpaired) electrons. The Labute approximate surface area is 101 Å². The van der Waals surface area contributed by atoms with Gasteiger partial charge in [-0.2, -0.15) is 0 Å². The molecule has 1 aromatic rings. The van der Waals surface area contributed by atoms with Crippen LogP contribution in [0.25, 0.3) is 6.08 Å². The van der Waals surface area contributed by atoms with E-state index < -0.39 is 5.97 Å². The SMILES string of the molecule is C1CO1.C=C(CC=Cc1ccccc1)C(=O)O. The maximum Gasteiger partial charge on any atom is 0.331 e. The highest BCUT2D eigenvalue weighted by Crippen LogP contribution is 2.05. The van der Waals surface area contributed by atoms with Gasteiger partial charge in [0.25, 0.3) is 0 Å². The Morgan fingerprint density at radius 3 is 2.41 bits per heavy atom. The smallest absolute Gasteiger partial charge is 0.331 e. The summed E-state index contributed by atoms with van der Waals surface area (Å²) in [6.45, 7) is 5.43. The summed E-state index contributed by atoms with van der Waals surface area (Å²) in [5.41, 5.74) is 1.27. The van der Waals surface area contributed by atoms with Crippen LogP contribution < -0.4 is 0 Å². The van der Waals surface area contributed by atoms with E-state index in [1.165, 1.54) is 0 Å². The zero-order valence-corrected chi connectivity index (χ0v) is 9.63. The van der Waals surface area contributed by atoms with Gasteiger partial charge in [-0.05, 0) is 12.0 Å². The maximum absolute atomic E-state index is 10.4. The predicted octanol–water partition coefficient (Wildman–Crippen LogP) is 2.75. The fourth-order valence-corrected chi connectivity index (χ4v) is 0.989. The quantitative estimate of drug-likeness (QED) is 0.641. The first-order valence-electron chi connectivity index (χ1n) is 5.40. The fraction of sp³-hybridized carbons (Fsp3) is 0.214. The van der Waals surface area contributed by atoms with Gasteiger partial charge >= 0.3 is 5.97 Å². The summed E-state index contributed by atoms with van der Waals surface area (Å²) >= 11 is 0. The second-order valence-electron chi connectivity index (χ2n) is 3.54. The number of aliphatic carboxylic acids is 1. The van der Waals surface area contributed by atoms with Crippen molar-refractivity contribution in [1.82, 2.24) is 0 Å². The van der Waals surface area contributed by atoms with Crippen molar-refractivity contribution in [2.45, 2.75) is 6.42 Å². The van der Waals surface area contributed by atoms with Crippen molar-refractivity contribution in [2.75, 3.05) is 13.2 Å².